The van der Waals surface area contributed by atoms with E-state index in [2.05, 4.69) is 11.4 Å². The van der Waals surface area contributed by atoms with Crippen molar-refractivity contribution in [1.82, 2.24) is 0 Å². The van der Waals surface area contributed by atoms with E-state index >= 15 is 0 Å². The van der Waals surface area contributed by atoms with Gasteiger partial charge >= 0.3 is 0 Å². The molecule has 1 aromatic carbocycles. The molecule has 1 fully saturated rings. The van der Waals surface area contributed by atoms with E-state index in [0.29, 0.717) is 0 Å². The Morgan fingerprint density at radius 3 is 2.68 bits per heavy atom. The van der Waals surface area contributed by atoms with E-state index in [4.69, 9.17) is 16.3 Å². The standard InChI is InChI=1S/C16H24ClNO/c1-12-10-15(16(19-2)11-14(12)17)18-9-8-13-6-4-3-5-7-13/h10-11,13,18H,3-9H2,1-2H3. The van der Waals surface area contributed by atoms with Crippen molar-refractivity contribution >= 4 is 17.3 Å². The van der Waals surface area contributed by atoms with Crippen LogP contribution in [0.5, 0.6) is 5.75 Å². The molecule has 0 atom stereocenters. The summed E-state index contributed by atoms with van der Waals surface area (Å²) in [5.41, 5.74) is 2.14. The molecule has 0 spiro atoms. The van der Waals surface area contributed by atoms with Crippen LogP contribution < -0.4 is 10.1 Å². The fourth-order valence-electron chi connectivity index (χ4n) is 2.86. The normalized spacial score (nSPS) is 16.4. The summed E-state index contributed by atoms with van der Waals surface area (Å²) in [6.07, 6.45) is 8.30. The zero-order valence-corrected chi connectivity index (χ0v) is 12.7. The molecular weight excluding hydrogens is 258 g/mol. The second-order valence-electron chi connectivity index (χ2n) is 5.52. The maximum Gasteiger partial charge on any atom is 0.143 e. The largest absolute Gasteiger partial charge is 0.495 e. The minimum absolute atomic E-state index is 0.759. The van der Waals surface area contributed by atoms with Gasteiger partial charge in [-0.1, -0.05) is 43.7 Å². The quantitative estimate of drug-likeness (QED) is 0.816. The topological polar surface area (TPSA) is 21.3 Å². The summed E-state index contributed by atoms with van der Waals surface area (Å²) in [5.74, 6) is 1.74. The molecule has 2 rings (SSSR count). The summed E-state index contributed by atoms with van der Waals surface area (Å²) in [6.45, 7) is 3.04. The van der Waals surface area contributed by atoms with E-state index in [-0.39, 0.29) is 0 Å². The van der Waals surface area contributed by atoms with Crippen molar-refractivity contribution in [3.8, 4) is 5.75 Å². The second kappa shape index (κ2) is 7.04. The summed E-state index contributed by atoms with van der Waals surface area (Å²) in [7, 11) is 1.69. The van der Waals surface area contributed by atoms with E-state index in [1.807, 2.05) is 13.0 Å². The van der Waals surface area contributed by atoms with Gasteiger partial charge in [0.2, 0.25) is 0 Å². The highest BCUT2D eigenvalue weighted by atomic mass is 35.5. The third-order valence-corrected chi connectivity index (χ3v) is 4.48. The van der Waals surface area contributed by atoms with Crippen LogP contribution in [0, 0.1) is 12.8 Å². The molecule has 1 aromatic rings. The number of benzene rings is 1. The Labute approximate surface area is 121 Å². The van der Waals surface area contributed by atoms with Crippen molar-refractivity contribution in [2.24, 2.45) is 5.92 Å². The summed E-state index contributed by atoms with van der Waals surface area (Å²) >= 11 is 6.11. The fourth-order valence-corrected chi connectivity index (χ4v) is 3.01. The predicted molar refractivity (Wildman–Crippen MR) is 82.4 cm³/mol. The van der Waals surface area contributed by atoms with Crippen LogP contribution in [0.4, 0.5) is 5.69 Å². The predicted octanol–water partition coefficient (Wildman–Crippen LogP) is 5.04. The molecule has 1 aliphatic rings. The average molecular weight is 282 g/mol. The van der Waals surface area contributed by atoms with E-state index < -0.39 is 0 Å². The molecule has 0 aliphatic heterocycles. The van der Waals surface area contributed by atoms with Gasteiger partial charge in [-0.05, 0) is 30.9 Å². The summed E-state index contributed by atoms with van der Waals surface area (Å²) < 4.78 is 5.38. The SMILES string of the molecule is COc1cc(Cl)c(C)cc1NCCC1CCCCC1. The van der Waals surface area contributed by atoms with Gasteiger partial charge in [-0.2, -0.15) is 0 Å². The Hall–Kier alpha value is -0.890. The van der Waals surface area contributed by atoms with Crippen LogP contribution in [0.3, 0.4) is 0 Å². The first-order chi connectivity index (χ1) is 9.20. The van der Waals surface area contributed by atoms with Crippen LogP contribution in [-0.2, 0) is 0 Å². The number of nitrogens with one attached hydrogen (secondary N) is 1. The van der Waals surface area contributed by atoms with Crippen molar-refractivity contribution in [3.05, 3.63) is 22.7 Å². The van der Waals surface area contributed by atoms with Crippen molar-refractivity contribution in [2.45, 2.75) is 45.4 Å². The van der Waals surface area contributed by atoms with Crippen LogP contribution in [0.2, 0.25) is 5.02 Å². The first-order valence-corrected chi connectivity index (χ1v) is 7.66. The number of ether oxygens (including phenoxy) is 1. The number of halogens is 1. The Kier molecular flexibility index (Phi) is 5.38. The molecule has 1 aliphatic carbocycles. The molecule has 0 radical (unpaired) electrons. The van der Waals surface area contributed by atoms with Gasteiger partial charge in [-0.25, -0.2) is 0 Å². The molecule has 2 nitrogen and oxygen atoms in total. The third kappa shape index (κ3) is 4.04. The minimum atomic E-state index is 0.759. The first kappa shape index (κ1) is 14.5. The Morgan fingerprint density at radius 2 is 2.00 bits per heavy atom. The van der Waals surface area contributed by atoms with E-state index in [9.17, 15) is 0 Å². The number of anilines is 1. The van der Waals surface area contributed by atoms with Crippen molar-refractivity contribution in [1.29, 1.82) is 0 Å². The van der Waals surface area contributed by atoms with Crippen molar-refractivity contribution in [3.63, 3.8) is 0 Å². The number of hydrogen-bond acceptors (Lipinski definition) is 2. The maximum absolute atomic E-state index is 6.11. The highest BCUT2D eigenvalue weighted by Crippen LogP contribution is 2.31. The molecular formula is C16H24ClNO. The molecule has 0 heterocycles. The van der Waals surface area contributed by atoms with Gasteiger partial charge in [-0.3, -0.25) is 0 Å². The minimum Gasteiger partial charge on any atom is -0.495 e. The van der Waals surface area contributed by atoms with E-state index in [1.165, 1.54) is 38.5 Å². The number of rotatable bonds is 5. The lowest BCUT2D eigenvalue weighted by Gasteiger charge is -2.22. The average Bonchev–Trinajstić information content (AvgIpc) is 2.43. The lowest BCUT2D eigenvalue weighted by atomic mass is 9.87. The Balaban J connectivity index is 1.89. The zero-order chi connectivity index (χ0) is 13.7. The van der Waals surface area contributed by atoms with E-state index in [1.54, 1.807) is 7.11 Å². The Morgan fingerprint density at radius 1 is 1.26 bits per heavy atom. The van der Waals surface area contributed by atoms with Gasteiger partial charge in [0.15, 0.2) is 0 Å². The summed E-state index contributed by atoms with van der Waals surface area (Å²) in [6, 6.07) is 3.96. The van der Waals surface area contributed by atoms with Gasteiger partial charge in [0.25, 0.3) is 0 Å². The molecule has 3 heteroatoms. The summed E-state index contributed by atoms with van der Waals surface area (Å²) in [4.78, 5) is 0. The zero-order valence-electron chi connectivity index (χ0n) is 12.0. The smallest absolute Gasteiger partial charge is 0.143 e. The van der Waals surface area contributed by atoms with Crippen LogP contribution in [-0.4, -0.2) is 13.7 Å². The first-order valence-electron chi connectivity index (χ1n) is 7.28. The molecule has 0 aromatic heterocycles. The lowest BCUT2D eigenvalue weighted by molar-refractivity contribution is 0.345. The van der Waals surface area contributed by atoms with Crippen LogP contribution in [0.1, 0.15) is 44.1 Å². The second-order valence-corrected chi connectivity index (χ2v) is 5.93. The summed E-state index contributed by atoms with van der Waals surface area (Å²) in [5, 5.41) is 4.25. The van der Waals surface area contributed by atoms with Gasteiger partial charge in [0, 0.05) is 17.6 Å². The lowest BCUT2D eigenvalue weighted by Crippen LogP contribution is -2.12. The molecule has 1 saturated carbocycles. The molecule has 1 N–H and O–H groups in total. The van der Waals surface area contributed by atoms with Crippen LogP contribution in [0.25, 0.3) is 0 Å². The molecule has 19 heavy (non-hydrogen) atoms. The van der Waals surface area contributed by atoms with Gasteiger partial charge < -0.3 is 10.1 Å². The Bertz CT molecular complexity index is 413. The van der Waals surface area contributed by atoms with Gasteiger partial charge in [0.1, 0.15) is 5.75 Å². The molecule has 0 saturated heterocycles. The molecule has 106 valence electrons. The van der Waals surface area contributed by atoms with Crippen molar-refractivity contribution in [2.75, 3.05) is 19.0 Å². The molecule has 0 unspecified atom stereocenters. The number of methoxy groups -OCH3 is 1. The molecule has 0 bridgehead atoms. The third-order valence-electron chi connectivity index (χ3n) is 4.07. The number of hydrogen-bond donors (Lipinski definition) is 1. The number of aryl methyl sites for hydroxylation is 1. The highest BCUT2D eigenvalue weighted by Gasteiger charge is 2.13. The van der Waals surface area contributed by atoms with Crippen molar-refractivity contribution < 1.29 is 4.74 Å². The van der Waals surface area contributed by atoms with Gasteiger partial charge in [-0.15, -0.1) is 0 Å². The monoisotopic (exact) mass is 281 g/mol. The maximum atomic E-state index is 6.11. The van der Waals surface area contributed by atoms with Crippen LogP contribution in [0.15, 0.2) is 12.1 Å². The van der Waals surface area contributed by atoms with Crippen LogP contribution >= 0.6 is 11.6 Å². The molecule has 0 amide bonds. The van der Waals surface area contributed by atoms with Gasteiger partial charge in [0.05, 0.1) is 12.8 Å². The van der Waals surface area contributed by atoms with E-state index in [0.717, 1.165) is 34.5 Å². The highest BCUT2D eigenvalue weighted by molar-refractivity contribution is 6.31. The fraction of sp³-hybridized carbons (Fsp3) is 0.625.